The van der Waals surface area contributed by atoms with Gasteiger partial charge in [0.25, 0.3) is 0 Å². The molecule has 0 aliphatic carbocycles. The molecule has 14 heavy (non-hydrogen) atoms. The average molecular weight is 218 g/mol. The van der Waals surface area contributed by atoms with Crippen LogP contribution < -0.4 is 0 Å². The predicted molar refractivity (Wildman–Crippen MR) is 60.6 cm³/mol. The van der Waals surface area contributed by atoms with E-state index in [1.807, 2.05) is 33.9 Å². The fourth-order valence-electron chi connectivity index (χ4n) is 1.04. The van der Waals surface area contributed by atoms with Crippen molar-refractivity contribution in [3.63, 3.8) is 0 Å². The molecule has 1 atom stereocenters. The zero-order chi connectivity index (χ0) is 11.4. The Morgan fingerprint density at radius 3 is 2.07 bits per heavy atom. The Hall–Kier alpha value is -0.163. The number of hydrogen-bond donors (Lipinski definition) is 2. The summed E-state index contributed by atoms with van der Waals surface area (Å²) >= 11 is 0. The van der Waals surface area contributed by atoms with Gasteiger partial charge in [0.2, 0.25) is 0 Å². The van der Waals surface area contributed by atoms with Crippen LogP contribution in [-0.4, -0.2) is 31.6 Å². The number of rotatable bonds is 4. The van der Waals surface area contributed by atoms with E-state index in [9.17, 15) is 5.11 Å². The number of aliphatic hydroxyl groups is 2. The average Bonchev–Trinajstić information content (AvgIpc) is 1.97. The van der Waals surface area contributed by atoms with Crippen LogP contribution in [-0.2, 0) is 4.43 Å². The summed E-state index contributed by atoms with van der Waals surface area (Å²) in [7, 11) is -1.32. The van der Waals surface area contributed by atoms with Gasteiger partial charge in [-0.3, -0.25) is 0 Å². The quantitative estimate of drug-likeness (QED) is 0.424. The first kappa shape index (κ1) is 13.8. The van der Waals surface area contributed by atoms with E-state index in [0.717, 1.165) is 0 Å². The Balaban J connectivity index is 4.76. The second-order valence-electron chi connectivity index (χ2n) is 4.70. The van der Waals surface area contributed by atoms with E-state index in [1.165, 1.54) is 6.08 Å². The van der Waals surface area contributed by atoms with Crippen LogP contribution in [0.1, 0.15) is 20.8 Å². The van der Waals surface area contributed by atoms with Crippen molar-refractivity contribution in [3.05, 3.63) is 12.2 Å². The molecule has 0 amide bonds. The maximum atomic E-state index is 10.3. The van der Waals surface area contributed by atoms with Gasteiger partial charge in [-0.25, -0.2) is 0 Å². The molecule has 2 N–H and O–H groups in total. The molecular formula is C10H22O3Si. The monoisotopic (exact) mass is 218 g/mol. The highest BCUT2D eigenvalue weighted by Crippen LogP contribution is 2.33. The van der Waals surface area contributed by atoms with Gasteiger partial charge < -0.3 is 14.6 Å². The van der Waals surface area contributed by atoms with Crippen LogP contribution in [0.25, 0.3) is 0 Å². The first-order valence-corrected chi connectivity index (χ1v) is 7.70. The molecule has 0 aliphatic rings. The maximum absolute atomic E-state index is 10.3. The molecule has 0 bridgehead atoms. The van der Waals surface area contributed by atoms with Crippen molar-refractivity contribution >= 4 is 9.04 Å². The van der Waals surface area contributed by atoms with E-state index in [0.29, 0.717) is 0 Å². The van der Waals surface area contributed by atoms with Gasteiger partial charge >= 0.3 is 0 Å². The molecule has 4 heteroatoms. The van der Waals surface area contributed by atoms with Crippen LogP contribution in [0.15, 0.2) is 12.2 Å². The Labute approximate surface area is 88.1 Å². The van der Waals surface area contributed by atoms with Crippen molar-refractivity contribution in [2.45, 2.75) is 39.7 Å². The molecular weight excluding hydrogens is 196 g/mol. The first-order valence-electron chi connectivity index (χ1n) is 4.91. The van der Waals surface area contributed by atoms with Gasteiger partial charge in [0.05, 0.1) is 6.61 Å². The summed E-state index contributed by atoms with van der Waals surface area (Å²) in [6, 6.07) is 0. The fourth-order valence-corrected chi connectivity index (χ4v) is 2.19. The van der Waals surface area contributed by atoms with Crippen LogP contribution in [0.2, 0.25) is 13.1 Å². The van der Waals surface area contributed by atoms with Crippen molar-refractivity contribution in [2.75, 3.05) is 6.61 Å². The van der Waals surface area contributed by atoms with E-state index in [4.69, 9.17) is 9.53 Å². The third-order valence-electron chi connectivity index (χ3n) is 1.94. The van der Waals surface area contributed by atoms with Crippen LogP contribution in [0, 0.1) is 5.41 Å². The second-order valence-corrected chi connectivity index (χ2v) is 7.03. The lowest BCUT2D eigenvalue weighted by molar-refractivity contribution is -0.170. The highest BCUT2D eigenvalue weighted by Gasteiger charge is 2.39. The van der Waals surface area contributed by atoms with E-state index in [1.54, 1.807) is 6.08 Å². The summed E-state index contributed by atoms with van der Waals surface area (Å²) in [5.74, 6) is -1.27. The summed E-state index contributed by atoms with van der Waals surface area (Å²) in [6.45, 7) is 9.65. The van der Waals surface area contributed by atoms with Gasteiger partial charge in [-0.1, -0.05) is 26.8 Å². The van der Waals surface area contributed by atoms with Crippen molar-refractivity contribution in [1.82, 2.24) is 0 Å². The van der Waals surface area contributed by atoms with Crippen molar-refractivity contribution in [2.24, 2.45) is 5.41 Å². The molecule has 3 nitrogen and oxygen atoms in total. The van der Waals surface area contributed by atoms with Crippen molar-refractivity contribution in [1.29, 1.82) is 0 Å². The summed E-state index contributed by atoms with van der Waals surface area (Å²) < 4.78 is 5.60. The van der Waals surface area contributed by atoms with E-state index in [2.05, 4.69) is 0 Å². The van der Waals surface area contributed by atoms with Crippen molar-refractivity contribution in [3.8, 4) is 0 Å². The van der Waals surface area contributed by atoms with Gasteiger partial charge in [0, 0.05) is 5.41 Å². The molecule has 1 unspecified atom stereocenters. The van der Waals surface area contributed by atoms with Crippen LogP contribution in [0.3, 0.4) is 0 Å². The molecule has 0 fully saturated rings. The van der Waals surface area contributed by atoms with E-state index in [-0.39, 0.29) is 6.61 Å². The Kier molecular flexibility index (Phi) is 5.01. The topological polar surface area (TPSA) is 49.7 Å². The Morgan fingerprint density at radius 1 is 1.29 bits per heavy atom. The summed E-state index contributed by atoms with van der Waals surface area (Å²) in [6.07, 6.45) is 3.06. The Bertz CT molecular complexity index is 196. The van der Waals surface area contributed by atoms with Crippen LogP contribution >= 0.6 is 0 Å². The van der Waals surface area contributed by atoms with Gasteiger partial charge in [-0.2, -0.15) is 0 Å². The maximum Gasteiger partial charge on any atom is 0.180 e. The highest BCUT2D eigenvalue weighted by atomic mass is 28.3. The molecule has 0 saturated heterocycles. The molecule has 84 valence electrons. The summed E-state index contributed by atoms with van der Waals surface area (Å²) in [5.41, 5.74) is -0.393. The lowest BCUT2D eigenvalue weighted by atomic mass is 9.85. The smallest absolute Gasteiger partial charge is 0.180 e. The summed E-state index contributed by atoms with van der Waals surface area (Å²) in [5, 5.41) is 19.0. The third kappa shape index (κ3) is 3.92. The number of aliphatic hydroxyl groups excluding tert-OH is 1. The van der Waals surface area contributed by atoms with Crippen LogP contribution in [0.4, 0.5) is 0 Å². The fraction of sp³-hybridized carbons (Fsp3) is 0.800. The largest absolute Gasteiger partial charge is 0.392 e. The zero-order valence-electron chi connectivity index (χ0n) is 9.74. The molecule has 0 aromatic rings. The number of hydrogen-bond acceptors (Lipinski definition) is 3. The molecule has 0 aliphatic heterocycles. The van der Waals surface area contributed by atoms with E-state index < -0.39 is 20.2 Å². The van der Waals surface area contributed by atoms with Gasteiger partial charge in [-0.15, -0.1) is 0 Å². The molecule has 0 saturated carbocycles. The molecule has 0 aromatic carbocycles. The Morgan fingerprint density at radius 2 is 1.79 bits per heavy atom. The normalized spacial score (nSPS) is 17.7. The molecule has 0 aromatic heterocycles. The molecule has 0 radical (unpaired) electrons. The van der Waals surface area contributed by atoms with Crippen molar-refractivity contribution < 1.29 is 14.6 Å². The van der Waals surface area contributed by atoms with Gasteiger partial charge in [0.15, 0.2) is 14.8 Å². The minimum Gasteiger partial charge on any atom is -0.392 e. The van der Waals surface area contributed by atoms with Crippen LogP contribution in [0.5, 0.6) is 0 Å². The highest BCUT2D eigenvalue weighted by molar-refractivity contribution is 6.48. The minimum absolute atomic E-state index is 0.0819. The van der Waals surface area contributed by atoms with Gasteiger partial charge in [0.1, 0.15) is 0 Å². The minimum atomic E-state index is -1.32. The molecule has 0 spiro atoms. The third-order valence-corrected chi connectivity index (χ3v) is 2.77. The van der Waals surface area contributed by atoms with Gasteiger partial charge in [-0.05, 0) is 19.2 Å². The summed E-state index contributed by atoms with van der Waals surface area (Å²) in [4.78, 5) is 0. The lowest BCUT2D eigenvalue weighted by Crippen LogP contribution is -2.46. The SMILES string of the molecule is C[SiH](C)OC(O)(C=CCO)C(C)(C)C. The zero-order valence-corrected chi connectivity index (χ0v) is 10.9. The predicted octanol–water partition coefficient (Wildman–Crippen LogP) is 1.27. The first-order chi connectivity index (χ1) is 6.23. The van der Waals surface area contributed by atoms with E-state index >= 15 is 0 Å². The molecule has 0 heterocycles. The second kappa shape index (κ2) is 5.07. The lowest BCUT2D eigenvalue weighted by Gasteiger charge is -2.39. The standard InChI is InChI=1S/C10H22O3Si/c1-9(2,3)10(12,7-6-8-11)13-14(4)5/h6-7,11-12,14H,8H2,1-5H3. The molecule has 0 rings (SSSR count).